The average Bonchev–Trinajstić information content (AvgIpc) is 2.73. The van der Waals surface area contributed by atoms with Gasteiger partial charge < -0.3 is 14.8 Å². The fraction of sp³-hybridized carbons (Fsp3) is 0.350. The molecule has 10 nitrogen and oxygen atoms in total. The van der Waals surface area contributed by atoms with Gasteiger partial charge in [-0.1, -0.05) is 18.2 Å². The molecule has 31 heavy (non-hydrogen) atoms. The van der Waals surface area contributed by atoms with Gasteiger partial charge in [-0.15, -0.1) is 0 Å². The van der Waals surface area contributed by atoms with Gasteiger partial charge in [0.2, 0.25) is 15.9 Å². The van der Waals surface area contributed by atoms with E-state index in [1.807, 2.05) is 12.1 Å². The van der Waals surface area contributed by atoms with Crippen LogP contribution in [0.25, 0.3) is 0 Å². The van der Waals surface area contributed by atoms with Crippen LogP contribution in [0.2, 0.25) is 0 Å². The second-order valence-corrected chi connectivity index (χ2v) is 8.47. The molecule has 0 atom stereocenters. The summed E-state index contributed by atoms with van der Waals surface area (Å²) in [4.78, 5) is 22.4. The molecule has 0 heterocycles. The van der Waals surface area contributed by atoms with E-state index >= 15 is 0 Å². The lowest BCUT2D eigenvalue weighted by Gasteiger charge is -2.22. The fourth-order valence-electron chi connectivity index (χ4n) is 2.81. The van der Waals surface area contributed by atoms with E-state index in [1.165, 1.54) is 31.4 Å². The summed E-state index contributed by atoms with van der Waals surface area (Å²) in [5.41, 5.74) is -0.0266. The summed E-state index contributed by atoms with van der Waals surface area (Å²) in [5, 5.41) is 13.7. The lowest BCUT2D eigenvalue weighted by Crippen LogP contribution is -2.33. The van der Waals surface area contributed by atoms with E-state index in [-0.39, 0.29) is 49.8 Å². The van der Waals surface area contributed by atoms with Gasteiger partial charge in [0.05, 0.1) is 30.5 Å². The SMILES string of the molecule is COc1ccccc1OCCNC(=O)CCCN(c1cccc([N+](=O)[O-])c1)S(C)(=O)=O. The molecule has 2 aromatic rings. The monoisotopic (exact) mass is 451 g/mol. The standard InChI is InChI=1S/C20H25N3O7S/c1-29-18-9-3-4-10-19(18)30-14-12-21-20(24)11-6-13-22(31(2,27)28)16-7-5-8-17(15-16)23(25)26/h3-5,7-10,15H,6,11-14H2,1-2H3,(H,21,24). The molecule has 168 valence electrons. The number of non-ortho nitro benzene ring substituents is 1. The molecule has 11 heteroatoms. The molecule has 0 spiro atoms. The first-order valence-electron chi connectivity index (χ1n) is 9.47. The van der Waals surface area contributed by atoms with Crippen LogP contribution in [0, 0.1) is 10.1 Å². The Morgan fingerprint density at radius 2 is 1.87 bits per heavy atom. The topological polar surface area (TPSA) is 128 Å². The van der Waals surface area contributed by atoms with Crippen LogP contribution >= 0.6 is 0 Å². The van der Waals surface area contributed by atoms with Crippen LogP contribution in [-0.4, -0.2) is 52.3 Å². The zero-order valence-corrected chi connectivity index (χ0v) is 18.1. The maximum Gasteiger partial charge on any atom is 0.271 e. The number of benzene rings is 2. The maximum atomic E-state index is 12.1. The van der Waals surface area contributed by atoms with Crippen molar-refractivity contribution < 1.29 is 27.6 Å². The van der Waals surface area contributed by atoms with Gasteiger partial charge in [0.25, 0.3) is 5.69 Å². The molecular weight excluding hydrogens is 426 g/mol. The molecule has 0 aliphatic heterocycles. The number of para-hydroxylation sites is 2. The third-order valence-corrected chi connectivity index (χ3v) is 5.44. The number of carbonyl (C=O) groups excluding carboxylic acids is 1. The number of ether oxygens (including phenoxy) is 2. The first-order chi connectivity index (χ1) is 14.7. The van der Waals surface area contributed by atoms with Gasteiger partial charge in [-0.2, -0.15) is 0 Å². The Kier molecular flexibility index (Phi) is 8.62. The van der Waals surface area contributed by atoms with Gasteiger partial charge in [-0.05, 0) is 24.6 Å². The van der Waals surface area contributed by atoms with Gasteiger partial charge in [-0.25, -0.2) is 8.42 Å². The van der Waals surface area contributed by atoms with Gasteiger partial charge >= 0.3 is 0 Å². The molecule has 0 bridgehead atoms. The van der Waals surface area contributed by atoms with E-state index in [9.17, 15) is 23.3 Å². The second kappa shape index (κ2) is 11.2. The summed E-state index contributed by atoms with van der Waals surface area (Å²) in [6, 6.07) is 12.5. The number of carbonyl (C=O) groups is 1. The predicted molar refractivity (Wildman–Crippen MR) is 116 cm³/mol. The van der Waals surface area contributed by atoms with Crippen molar-refractivity contribution in [2.45, 2.75) is 12.8 Å². The van der Waals surface area contributed by atoms with Crippen molar-refractivity contribution in [3.63, 3.8) is 0 Å². The highest BCUT2D eigenvalue weighted by Gasteiger charge is 2.19. The Labute approximate surface area is 181 Å². The molecule has 0 fully saturated rings. The van der Waals surface area contributed by atoms with Crippen molar-refractivity contribution in [3.8, 4) is 11.5 Å². The van der Waals surface area contributed by atoms with Gasteiger partial charge in [-0.3, -0.25) is 19.2 Å². The summed E-state index contributed by atoms with van der Waals surface area (Å²) in [6.07, 6.45) is 1.35. The van der Waals surface area contributed by atoms with Crippen LogP contribution in [0.1, 0.15) is 12.8 Å². The second-order valence-electron chi connectivity index (χ2n) is 6.56. The number of nitro groups is 1. The zero-order chi connectivity index (χ0) is 22.9. The Morgan fingerprint density at radius 1 is 1.16 bits per heavy atom. The summed E-state index contributed by atoms with van der Waals surface area (Å²) in [6.45, 7) is 0.540. The molecule has 0 aromatic heterocycles. The smallest absolute Gasteiger partial charge is 0.271 e. The number of amides is 1. The van der Waals surface area contributed by atoms with E-state index in [1.54, 1.807) is 12.1 Å². The number of methoxy groups -OCH3 is 1. The highest BCUT2D eigenvalue weighted by atomic mass is 32.2. The number of anilines is 1. The molecule has 0 radical (unpaired) electrons. The zero-order valence-electron chi connectivity index (χ0n) is 17.3. The molecule has 2 aromatic carbocycles. The number of nitrogens with one attached hydrogen (secondary N) is 1. The number of hydrogen-bond donors (Lipinski definition) is 1. The Balaban J connectivity index is 1.82. The summed E-state index contributed by atoms with van der Waals surface area (Å²) in [7, 11) is -2.13. The van der Waals surface area contributed by atoms with E-state index in [4.69, 9.17) is 9.47 Å². The Morgan fingerprint density at radius 3 is 2.52 bits per heavy atom. The summed E-state index contributed by atoms with van der Waals surface area (Å²) >= 11 is 0. The molecule has 1 amide bonds. The van der Waals surface area contributed by atoms with Crippen molar-refractivity contribution in [2.75, 3.05) is 37.4 Å². The van der Waals surface area contributed by atoms with Crippen LogP contribution in [0.3, 0.4) is 0 Å². The first-order valence-corrected chi connectivity index (χ1v) is 11.3. The molecule has 0 aliphatic rings. The number of rotatable bonds is 12. The van der Waals surface area contributed by atoms with Crippen molar-refractivity contribution in [1.29, 1.82) is 0 Å². The fourth-order valence-corrected chi connectivity index (χ4v) is 3.77. The van der Waals surface area contributed by atoms with E-state index in [2.05, 4.69) is 5.32 Å². The Hall–Kier alpha value is -3.34. The van der Waals surface area contributed by atoms with E-state index in [0.29, 0.717) is 11.5 Å². The van der Waals surface area contributed by atoms with Gasteiger partial charge in [0, 0.05) is 25.1 Å². The third kappa shape index (κ3) is 7.45. The third-order valence-electron chi connectivity index (χ3n) is 4.24. The number of hydrogen-bond acceptors (Lipinski definition) is 7. The van der Waals surface area contributed by atoms with Crippen molar-refractivity contribution in [2.24, 2.45) is 0 Å². The molecule has 0 unspecified atom stereocenters. The van der Waals surface area contributed by atoms with Crippen LogP contribution in [0.4, 0.5) is 11.4 Å². The summed E-state index contributed by atoms with van der Waals surface area (Å²) < 4.78 is 36.0. The molecule has 0 aliphatic carbocycles. The molecule has 0 saturated carbocycles. The van der Waals surface area contributed by atoms with Crippen molar-refractivity contribution >= 4 is 27.3 Å². The van der Waals surface area contributed by atoms with Crippen molar-refractivity contribution in [3.05, 3.63) is 58.6 Å². The highest BCUT2D eigenvalue weighted by Crippen LogP contribution is 2.25. The average molecular weight is 452 g/mol. The van der Waals surface area contributed by atoms with Crippen molar-refractivity contribution in [1.82, 2.24) is 5.32 Å². The highest BCUT2D eigenvalue weighted by molar-refractivity contribution is 7.92. The normalized spacial score (nSPS) is 10.9. The predicted octanol–water partition coefficient (Wildman–Crippen LogP) is 2.34. The first kappa shape index (κ1) is 23.9. The molecule has 0 saturated heterocycles. The lowest BCUT2D eigenvalue weighted by atomic mass is 10.2. The molecular formula is C20H25N3O7S. The lowest BCUT2D eigenvalue weighted by molar-refractivity contribution is -0.384. The minimum Gasteiger partial charge on any atom is -0.493 e. The van der Waals surface area contributed by atoms with Gasteiger partial charge in [0.1, 0.15) is 6.61 Å². The van der Waals surface area contributed by atoms with Crippen LogP contribution in [0.5, 0.6) is 11.5 Å². The minimum absolute atomic E-state index is 0.0190. The Bertz CT molecular complexity index is 1010. The van der Waals surface area contributed by atoms with Gasteiger partial charge in [0.15, 0.2) is 11.5 Å². The van der Waals surface area contributed by atoms with Crippen LogP contribution < -0.4 is 19.1 Å². The maximum absolute atomic E-state index is 12.1. The number of nitro benzene ring substituents is 1. The number of nitrogens with zero attached hydrogens (tertiary/aromatic N) is 2. The largest absolute Gasteiger partial charge is 0.493 e. The van der Waals surface area contributed by atoms with Crippen LogP contribution in [0.15, 0.2) is 48.5 Å². The minimum atomic E-state index is -3.67. The molecule has 1 N–H and O–H groups in total. The number of sulfonamides is 1. The summed E-state index contributed by atoms with van der Waals surface area (Å²) in [5.74, 6) is 0.909. The quantitative estimate of drug-likeness (QED) is 0.298. The van der Waals surface area contributed by atoms with E-state index in [0.717, 1.165) is 10.6 Å². The van der Waals surface area contributed by atoms with E-state index < -0.39 is 14.9 Å². The molecule has 2 rings (SSSR count). The van der Waals surface area contributed by atoms with Crippen LogP contribution in [-0.2, 0) is 14.8 Å².